The number of aryl methyl sites for hydroxylation is 1. The number of rotatable bonds is 4. The van der Waals surface area contributed by atoms with Gasteiger partial charge in [0.2, 0.25) is 0 Å². The van der Waals surface area contributed by atoms with Gasteiger partial charge >= 0.3 is 0 Å². The van der Waals surface area contributed by atoms with Gasteiger partial charge in [-0.15, -0.1) is 0 Å². The van der Waals surface area contributed by atoms with Crippen molar-refractivity contribution in [2.45, 2.75) is 19.4 Å². The highest BCUT2D eigenvalue weighted by Gasteiger charge is 2.12. The Labute approximate surface area is 95.2 Å². The second-order valence-corrected chi connectivity index (χ2v) is 3.92. The van der Waals surface area contributed by atoms with E-state index in [4.69, 9.17) is 10.3 Å². The van der Waals surface area contributed by atoms with Gasteiger partial charge in [-0.25, -0.2) is 5.43 Å². The summed E-state index contributed by atoms with van der Waals surface area (Å²) in [5, 5.41) is 0. The molecule has 0 fully saturated rings. The molecule has 0 saturated heterocycles. The van der Waals surface area contributed by atoms with Gasteiger partial charge in [0, 0.05) is 0 Å². The van der Waals surface area contributed by atoms with E-state index < -0.39 is 0 Å². The Morgan fingerprint density at radius 3 is 2.56 bits per heavy atom. The summed E-state index contributed by atoms with van der Waals surface area (Å²) in [6.07, 6.45) is 2.49. The molecule has 3 N–H and O–H groups in total. The lowest BCUT2D eigenvalue weighted by Gasteiger charge is -2.13. The zero-order valence-corrected chi connectivity index (χ0v) is 9.31. The molecular formula is C13H16N2O. The third-order valence-corrected chi connectivity index (χ3v) is 2.65. The van der Waals surface area contributed by atoms with Crippen molar-refractivity contribution in [2.24, 2.45) is 5.84 Å². The van der Waals surface area contributed by atoms with Crippen LogP contribution in [0.1, 0.15) is 22.9 Å². The predicted octanol–water partition coefficient (Wildman–Crippen LogP) is 2.34. The molecule has 0 bridgehead atoms. The van der Waals surface area contributed by atoms with E-state index in [1.54, 1.807) is 6.26 Å². The van der Waals surface area contributed by atoms with Crippen LogP contribution in [0.15, 0.2) is 47.1 Å². The molecule has 3 heteroatoms. The van der Waals surface area contributed by atoms with E-state index >= 15 is 0 Å². The number of hydrazine groups is 1. The smallest absolute Gasteiger partial charge is 0.122 e. The maximum atomic E-state index is 5.53. The molecule has 84 valence electrons. The highest BCUT2D eigenvalue weighted by Crippen LogP contribution is 2.18. The van der Waals surface area contributed by atoms with E-state index in [0.29, 0.717) is 0 Å². The van der Waals surface area contributed by atoms with Gasteiger partial charge in [0.25, 0.3) is 0 Å². The quantitative estimate of drug-likeness (QED) is 0.609. The maximum Gasteiger partial charge on any atom is 0.122 e. The molecule has 1 heterocycles. The Balaban J connectivity index is 2.10. The van der Waals surface area contributed by atoms with Crippen LogP contribution in [0.4, 0.5) is 0 Å². The fourth-order valence-electron chi connectivity index (χ4n) is 1.69. The number of benzene rings is 1. The van der Waals surface area contributed by atoms with Crippen LogP contribution in [-0.2, 0) is 6.42 Å². The average Bonchev–Trinajstić information content (AvgIpc) is 2.82. The largest absolute Gasteiger partial charge is 0.468 e. The molecule has 0 spiro atoms. The van der Waals surface area contributed by atoms with Crippen LogP contribution in [0.3, 0.4) is 0 Å². The monoisotopic (exact) mass is 216 g/mol. The summed E-state index contributed by atoms with van der Waals surface area (Å²) in [6.45, 7) is 2.08. The van der Waals surface area contributed by atoms with Crippen molar-refractivity contribution in [3.05, 3.63) is 59.5 Å². The standard InChI is InChI=1S/C13H16N2O/c1-10-4-6-11(7-5-10)9-12(15-14)13-3-2-8-16-13/h2-8,12,15H,9,14H2,1H3. The lowest BCUT2D eigenvalue weighted by atomic mass is 10.0. The molecule has 0 aliphatic heterocycles. The Hall–Kier alpha value is -1.58. The fourth-order valence-corrected chi connectivity index (χ4v) is 1.69. The molecule has 1 atom stereocenters. The number of hydrogen-bond acceptors (Lipinski definition) is 3. The first kappa shape index (κ1) is 10.9. The normalized spacial score (nSPS) is 12.6. The van der Waals surface area contributed by atoms with Crippen molar-refractivity contribution in [2.75, 3.05) is 0 Å². The first-order valence-electron chi connectivity index (χ1n) is 5.34. The molecule has 2 rings (SSSR count). The van der Waals surface area contributed by atoms with Gasteiger partial charge in [-0.1, -0.05) is 29.8 Å². The molecule has 0 radical (unpaired) electrons. The van der Waals surface area contributed by atoms with Gasteiger partial charge in [-0.05, 0) is 31.0 Å². The summed E-state index contributed by atoms with van der Waals surface area (Å²) < 4.78 is 5.34. The predicted molar refractivity (Wildman–Crippen MR) is 63.7 cm³/mol. The van der Waals surface area contributed by atoms with Gasteiger partial charge in [-0.2, -0.15) is 0 Å². The molecule has 0 aliphatic carbocycles. The molecule has 0 amide bonds. The summed E-state index contributed by atoms with van der Waals surface area (Å²) >= 11 is 0. The van der Waals surface area contributed by atoms with Crippen LogP contribution in [0.25, 0.3) is 0 Å². The van der Waals surface area contributed by atoms with Gasteiger partial charge < -0.3 is 4.42 Å². The third-order valence-electron chi connectivity index (χ3n) is 2.65. The summed E-state index contributed by atoms with van der Waals surface area (Å²) in [6, 6.07) is 12.3. The minimum atomic E-state index is 0.0257. The van der Waals surface area contributed by atoms with Crippen molar-refractivity contribution in [1.82, 2.24) is 5.43 Å². The van der Waals surface area contributed by atoms with Crippen LogP contribution in [-0.4, -0.2) is 0 Å². The molecule has 0 aliphatic rings. The first-order valence-corrected chi connectivity index (χ1v) is 5.34. The lowest BCUT2D eigenvalue weighted by Crippen LogP contribution is -2.29. The lowest BCUT2D eigenvalue weighted by molar-refractivity contribution is 0.416. The molecule has 1 unspecified atom stereocenters. The van der Waals surface area contributed by atoms with Crippen LogP contribution < -0.4 is 11.3 Å². The first-order chi connectivity index (χ1) is 7.79. The van der Waals surface area contributed by atoms with Crippen LogP contribution in [0, 0.1) is 6.92 Å². The van der Waals surface area contributed by atoms with E-state index in [2.05, 4.69) is 36.6 Å². The molecule has 0 saturated carbocycles. The van der Waals surface area contributed by atoms with Crippen molar-refractivity contribution < 1.29 is 4.42 Å². The fraction of sp³-hybridized carbons (Fsp3) is 0.231. The van der Waals surface area contributed by atoms with Gasteiger partial charge in [-0.3, -0.25) is 5.84 Å². The van der Waals surface area contributed by atoms with Crippen molar-refractivity contribution >= 4 is 0 Å². The van der Waals surface area contributed by atoms with Gasteiger partial charge in [0.05, 0.1) is 12.3 Å². The van der Waals surface area contributed by atoms with Crippen LogP contribution >= 0.6 is 0 Å². The van der Waals surface area contributed by atoms with Crippen LogP contribution in [0.2, 0.25) is 0 Å². The molecular weight excluding hydrogens is 200 g/mol. The summed E-state index contributed by atoms with van der Waals surface area (Å²) in [7, 11) is 0. The number of hydrogen-bond donors (Lipinski definition) is 2. The Kier molecular flexibility index (Phi) is 3.39. The average molecular weight is 216 g/mol. The second-order valence-electron chi connectivity index (χ2n) is 3.92. The van der Waals surface area contributed by atoms with E-state index in [0.717, 1.165) is 12.2 Å². The highest BCUT2D eigenvalue weighted by atomic mass is 16.3. The number of nitrogens with one attached hydrogen (secondary N) is 1. The van der Waals surface area contributed by atoms with Crippen molar-refractivity contribution in [3.8, 4) is 0 Å². The number of furan rings is 1. The SMILES string of the molecule is Cc1ccc(CC(NN)c2ccco2)cc1. The zero-order chi connectivity index (χ0) is 11.4. The molecule has 16 heavy (non-hydrogen) atoms. The molecule has 1 aromatic heterocycles. The van der Waals surface area contributed by atoms with Gasteiger partial charge in [0.1, 0.15) is 5.76 Å². The zero-order valence-electron chi connectivity index (χ0n) is 9.31. The number of nitrogens with two attached hydrogens (primary N) is 1. The molecule has 2 aromatic rings. The second kappa shape index (κ2) is 4.96. The molecule has 1 aromatic carbocycles. The topological polar surface area (TPSA) is 51.2 Å². The minimum absolute atomic E-state index is 0.0257. The van der Waals surface area contributed by atoms with Crippen LogP contribution in [0.5, 0.6) is 0 Å². The minimum Gasteiger partial charge on any atom is -0.468 e. The summed E-state index contributed by atoms with van der Waals surface area (Å²) in [5.74, 6) is 6.40. The van der Waals surface area contributed by atoms with E-state index in [-0.39, 0.29) is 6.04 Å². The van der Waals surface area contributed by atoms with Gasteiger partial charge in [0.15, 0.2) is 0 Å². The van der Waals surface area contributed by atoms with E-state index in [1.165, 1.54) is 11.1 Å². The van der Waals surface area contributed by atoms with Crippen molar-refractivity contribution in [3.63, 3.8) is 0 Å². The third kappa shape index (κ3) is 2.51. The maximum absolute atomic E-state index is 5.53. The Morgan fingerprint density at radius 2 is 2.00 bits per heavy atom. The summed E-state index contributed by atoms with van der Waals surface area (Å²) in [5.41, 5.74) is 5.28. The van der Waals surface area contributed by atoms with Crippen molar-refractivity contribution in [1.29, 1.82) is 0 Å². The molecule has 3 nitrogen and oxygen atoms in total. The summed E-state index contributed by atoms with van der Waals surface area (Å²) in [4.78, 5) is 0. The highest BCUT2D eigenvalue weighted by molar-refractivity contribution is 5.23. The van der Waals surface area contributed by atoms with E-state index in [9.17, 15) is 0 Å². The Morgan fingerprint density at radius 1 is 1.25 bits per heavy atom. The Bertz CT molecular complexity index is 420. The van der Waals surface area contributed by atoms with E-state index in [1.807, 2.05) is 12.1 Å².